The smallest absolute Gasteiger partial charge is 0.340 e. The Balaban J connectivity index is 1.70. The lowest BCUT2D eigenvalue weighted by atomic mass is 10.1. The fourth-order valence-corrected chi connectivity index (χ4v) is 3.71. The Morgan fingerprint density at radius 3 is 2.17 bits per heavy atom. The van der Waals surface area contributed by atoms with Crippen molar-refractivity contribution in [1.82, 2.24) is 4.57 Å². The quantitative estimate of drug-likeness (QED) is 0.636. The number of hydrogen-bond donors (Lipinski definition) is 1. The zero-order chi connectivity index (χ0) is 21.1. The number of esters is 1. The summed E-state index contributed by atoms with van der Waals surface area (Å²) in [6.45, 7) is 9.38. The molecule has 0 bridgehead atoms. The lowest BCUT2D eigenvalue weighted by Crippen LogP contribution is -2.22. The molecule has 0 unspecified atom stereocenters. The van der Waals surface area contributed by atoms with Gasteiger partial charge < -0.3 is 14.6 Å². The Bertz CT molecular complexity index is 1040. The Morgan fingerprint density at radius 2 is 1.55 bits per heavy atom. The predicted molar refractivity (Wildman–Crippen MR) is 115 cm³/mol. The number of aryl methyl sites for hydroxylation is 4. The van der Waals surface area contributed by atoms with E-state index in [1.54, 1.807) is 6.07 Å². The third-order valence-corrected chi connectivity index (χ3v) is 4.94. The largest absolute Gasteiger partial charge is 0.452 e. The summed E-state index contributed by atoms with van der Waals surface area (Å²) in [5.41, 5.74) is 7.01. The first kappa shape index (κ1) is 20.4. The zero-order valence-corrected chi connectivity index (χ0v) is 17.5. The fourth-order valence-electron chi connectivity index (χ4n) is 3.71. The normalized spacial score (nSPS) is 10.7. The number of nitrogens with zero attached hydrogens (tertiary/aromatic N) is 1. The first-order chi connectivity index (χ1) is 13.8. The molecule has 1 N–H and O–H groups in total. The molecule has 0 aliphatic rings. The molecule has 0 atom stereocenters. The molecule has 1 heterocycles. The lowest BCUT2D eigenvalue weighted by molar-refractivity contribution is -0.119. The number of para-hydroxylation sites is 1. The van der Waals surface area contributed by atoms with Gasteiger partial charge in [-0.05, 0) is 63.9 Å². The third kappa shape index (κ3) is 4.40. The maximum atomic E-state index is 12.6. The molecule has 3 aromatic rings. The van der Waals surface area contributed by atoms with Crippen molar-refractivity contribution in [2.75, 3.05) is 11.9 Å². The minimum atomic E-state index is -0.507. The number of ether oxygens (including phenoxy) is 1. The van der Waals surface area contributed by atoms with Gasteiger partial charge in [0, 0.05) is 22.8 Å². The molecular formula is C24H26N2O3. The maximum Gasteiger partial charge on any atom is 0.340 e. The highest BCUT2D eigenvalue weighted by atomic mass is 16.5. The highest BCUT2D eigenvalue weighted by molar-refractivity contribution is 5.97. The van der Waals surface area contributed by atoms with Crippen molar-refractivity contribution in [3.8, 4) is 5.69 Å². The highest BCUT2D eigenvalue weighted by Crippen LogP contribution is 2.23. The fraction of sp³-hybridized carbons (Fsp3) is 0.250. The molecule has 2 aromatic carbocycles. The molecule has 0 saturated carbocycles. The van der Waals surface area contributed by atoms with Gasteiger partial charge in [-0.25, -0.2) is 4.79 Å². The number of amides is 1. The van der Waals surface area contributed by atoms with Crippen molar-refractivity contribution < 1.29 is 14.3 Å². The van der Waals surface area contributed by atoms with Crippen molar-refractivity contribution in [3.05, 3.63) is 82.2 Å². The third-order valence-electron chi connectivity index (χ3n) is 4.94. The zero-order valence-electron chi connectivity index (χ0n) is 17.5. The number of carbonyl (C=O) groups is 2. The van der Waals surface area contributed by atoms with E-state index in [1.807, 2.05) is 81.7 Å². The number of aromatic nitrogens is 1. The van der Waals surface area contributed by atoms with Gasteiger partial charge in [-0.15, -0.1) is 0 Å². The van der Waals surface area contributed by atoms with Crippen molar-refractivity contribution in [3.63, 3.8) is 0 Å². The predicted octanol–water partition coefficient (Wildman–Crippen LogP) is 4.81. The van der Waals surface area contributed by atoms with Crippen LogP contribution in [0.3, 0.4) is 0 Å². The molecule has 0 radical (unpaired) electrons. The van der Waals surface area contributed by atoms with Crippen molar-refractivity contribution >= 4 is 17.6 Å². The monoisotopic (exact) mass is 390 g/mol. The Hall–Kier alpha value is -3.34. The Kier molecular flexibility index (Phi) is 5.87. The van der Waals surface area contributed by atoms with E-state index in [4.69, 9.17) is 4.74 Å². The molecule has 0 aliphatic carbocycles. The van der Waals surface area contributed by atoms with E-state index in [0.717, 1.165) is 39.5 Å². The van der Waals surface area contributed by atoms with Crippen molar-refractivity contribution in [2.45, 2.75) is 34.6 Å². The number of anilines is 1. The minimum Gasteiger partial charge on any atom is -0.452 e. The van der Waals surface area contributed by atoms with E-state index in [2.05, 4.69) is 5.32 Å². The molecular weight excluding hydrogens is 364 g/mol. The summed E-state index contributed by atoms with van der Waals surface area (Å²) >= 11 is 0. The first-order valence-corrected chi connectivity index (χ1v) is 9.57. The van der Waals surface area contributed by atoms with Crippen LogP contribution in [0.2, 0.25) is 0 Å². The molecule has 0 fully saturated rings. The summed E-state index contributed by atoms with van der Waals surface area (Å²) in [5.74, 6) is -0.863. The van der Waals surface area contributed by atoms with Crippen LogP contribution in [0, 0.1) is 34.6 Å². The van der Waals surface area contributed by atoms with Crippen LogP contribution in [-0.2, 0) is 9.53 Å². The van der Waals surface area contributed by atoms with Crippen LogP contribution in [0.4, 0.5) is 5.69 Å². The molecule has 0 spiro atoms. The van der Waals surface area contributed by atoms with Crippen LogP contribution in [0.1, 0.15) is 38.4 Å². The Morgan fingerprint density at radius 1 is 0.931 bits per heavy atom. The van der Waals surface area contributed by atoms with Crippen LogP contribution in [0.15, 0.2) is 48.5 Å². The van der Waals surface area contributed by atoms with Crippen LogP contribution in [0.25, 0.3) is 5.69 Å². The number of carbonyl (C=O) groups excluding carboxylic acids is 2. The van der Waals surface area contributed by atoms with E-state index in [0.29, 0.717) is 5.56 Å². The van der Waals surface area contributed by atoms with Crippen LogP contribution in [-0.4, -0.2) is 23.1 Å². The topological polar surface area (TPSA) is 60.3 Å². The highest BCUT2D eigenvalue weighted by Gasteiger charge is 2.19. The van der Waals surface area contributed by atoms with Gasteiger partial charge in [0.05, 0.1) is 5.56 Å². The standard InChI is InChI=1S/C24H26N2O3/c1-15-11-16(2)23(17(3)12-15)25-22(27)14-29-24(28)21-13-18(4)26(19(21)5)20-9-7-6-8-10-20/h6-13H,14H2,1-5H3,(H,25,27). The average Bonchev–Trinajstić information content (AvgIpc) is 2.97. The summed E-state index contributed by atoms with van der Waals surface area (Å²) in [6, 6.07) is 15.6. The van der Waals surface area contributed by atoms with Gasteiger partial charge in [-0.1, -0.05) is 35.9 Å². The molecule has 0 aliphatic heterocycles. The number of rotatable bonds is 5. The molecule has 0 saturated heterocycles. The number of benzene rings is 2. The number of nitrogens with one attached hydrogen (secondary N) is 1. The summed E-state index contributed by atoms with van der Waals surface area (Å²) in [7, 11) is 0. The van der Waals surface area contributed by atoms with Gasteiger partial charge >= 0.3 is 5.97 Å². The SMILES string of the molecule is Cc1cc(C)c(NC(=O)COC(=O)c2cc(C)n(-c3ccccc3)c2C)c(C)c1. The van der Waals surface area contributed by atoms with Gasteiger partial charge in [-0.2, -0.15) is 0 Å². The molecule has 1 aromatic heterocycles. The van der Waals surface area contributed by atoms with Crippen LogP contribution < -0.4 is 5.32 Å². The molecule has 5 nitrogen and oxygen atoms in total. The molecule has 150 valence electrons. The maximum absolute atomic E-state index is 12.6. The summed E-state index contributed by atoms with van der Waals surface area (Å²) < 4.78 is 7.28. The van der Waals surface area contributed by atoms with E-state index in [9.17, 15) is 9.59 Å². The minimum absolute atomic E-state index is 0.333. The van der Waals surface area contributed by atoms with Gasteiger partial charge in [-0.3, -0.25) is 4.79 Å². The lowest BCUT2D eigenvalue weighted by Gasteiger charge is -2.13. The van der Waals surface area contributed by atoms with Crippen LogP contribution >= 0.6 is 0 Å². The Labute approximate surface area is 171 Å². The van der Waals surface area contributed by atoms with Gasteiger partial charge in [0.25, 0.3) is 5.91 Å². The van der Waals surface area contributed by atoms with Crippen LogP contribution in [0.5, 0.6) is 0 Å². The van der Waals surface area contributed by atoms with Gasteiger partial charge in [0.15, 0.2) is 6.61 Å². The summed E-state index contributed by atoms with van der Waals surface area (Å²) in [6.07, 6.45) is 0. The average molecular weight is 390 g/mol. The summed E-state index contributed by atoms with van der Waals surface area (Å²) in [5, 5.41) is 2.85. The van der Waals surface area contributed by atoms with Crippen molar-refractivity contribution in [2.24, 2.45) is 0 Å². The first-order valence-electron chi connectivity index (χ1n) is 9.57. The van der Waals surface area contributed by atoms with E-state index in [-0.39, 0.29) is 12.5 Å². The van der Waals surface area contributed by atoms with E-state index < -0.39 is 5.97 Å². The van der Waals surface area contributed by atoms with E-state index in [1.165, 1.54) is 0 Å². The second-order valence-corrected chi connectivity index (χ2v) is 7.35. The number of hydrogen-bond acceptors (Lipinski definition) is 3. The molecule has 1 amide bonds. The van der Waals surface area contributed by atoms with Gasteiger partial charge in [0.1, 0.15) is 0 Å². The molecule has 5 heteroatoms. The molecule has 3 rings (SSSR count). The second-order valence-electron chi connectivity index (χ2n) is 7.35. The summed E-state index contributed by atoms with van der Waals surface area (Å²) in [4.78, 5) is 24.9. The second kappa shape index (κ2) is 8.35. The molecule has 29 heavy (non-hydrogen) atoms. The van der Waals surface area contributed by atoms with E-state index >= 15 is 0 Å². The van der Waals surface area contributed by atoms with Gasteiger partial charge in [0.2, 0.25) is 0 Å². The van der Waals surface area contributed by atoms with Crippen molar-refractivity contribution in [1.29, 1.82) is 0 Å².